The molecule has 3 aliphatic rings. The molecule has 0 unspecified atom stereocenters. The Morgan fingerprint density at radius 1 is 0.730 bits per heavy atom. The van der Waals surface area contributed by atoms with E-state index in [1.807, 2.05) is 72.8 Å². The molecule has 37 heavy (non-hydrogen) atoms. The molecule has 2 heterocycles. The van der Waals surface area contributed by atoms with Crippen LogP contribution in [0.1, 0.15) is 17.0 Å². The number of esters is 1. The van der Waals surface area contributed by atoms with Crippen molar-refractivity contribution in [3.8, 4) is 5.75 Å². The summed E-state index contributed by atoms with van der Waals surface area (Å²) in [4.78, 5) is 42.8. The van der Waals surface area contributed by atoms with E-state index in [0.29, 0.717) is 11.4 Å². The van der Waals surface area contributed by atoms with Crippen molar-refractivity contribution < 1.29 is 19.1 Å². The fourth-order valence-electron chi connectivity index (χ4n) is 6.18. The first-order valence-electron chi connectivity index (χ1n) is 12.2. The molecule has 6 heteroatoms. The minimum Gasteiger partial charge on any atom is -0.425 e. The van der Waals surface area contributed by atoms with E-state index in [1.54, 1.807) is 24.3 Å². The molecule has 4 atom stereocenters. The Hall–Kier alpha value is -4.03. The highest BCUT2D eigenvalue weighted by Gasteiger charge is 2.60. The van der Waals surface area contributed by atoms with Crippen molar-refractivity contribution in [3.63, 3.8) is 0 Å². The second-order valence-corrected chi connectivity index (χ2v) is 10.6. The maximum absolute atomic E-state index is 14.0. The second kappa shape index (κ2) is 8.25. The molecule has 4 aromatic rings. The fourth-order valence-corrected chi connectivity index (χ4v) is 6.44. The number of halogens is 1. The summed E-state index contributed by atoms with van der Waals surface area (Å²) >= 11 is 3.42. The summed E-state index contributed by atoms with van der Waals surface area (Å²) in [6, 6.07) is 28.5. The lowest BCUT2D eigenvalue weighted by molar-refractivity contribution is -0.142. The third kappa shape index (κ3) is 3.25. The molecule has 180 valence electrons. The van der Waals surface area contributed by atoms with Crippen LogP contribution in [0.3, 0.4) is 0 Å². The topological polar surface area (TPSA) is 63.7 Å². The molecule has 2 aliphatic heterocycles. The van der Waals surface area contributed by atoms with Crippen LogP contribution in [0.5, 0.6) is 5.75 Å². The van der Waals surface area contributed by atoms with Crippen molar-refractivity contribution in [2.75, 3.05) is 4.90 Å². The molecular weight excluding hydrogens is 530 g/mol. The van der Waals surface area contributed by atoms with Gasteiger partial charge in [-0.05, 0) is 52.2 Å². The Morgan fingerprint density at radius 2 is 1.43 bits per heavy atom. The highest BCUT2D eigenvalue weighted by molar-refractivity contribution is 9.10. The standard InChI is InChI=1S/C31H20BrNO4/c32-19-11-13-20(14-12-19)33-29(34)26-22(17-6-2-1-3-7-17)16-23-25-21-9-5-4-8-18(21)10-15-24(25)37-31(36)27(23)28(26)30(33)35/h1-16,22,26-28H/t22-,26+,27-,28+/m1/s1. The lowest BCUT2D eigenvalue weighted by Gasteiger charge is -2.38. The van der Waals surface area contributed by atoms with Gasteiger partial charge in [0.25, 0.3) is 0 Å². The Bertz CT molecular complexity index is 1640. The quantitative estimate of drug-likeness (QED) is 0.171. The number of hydrogen-bond acceptors (Lipinski definition) is 4. The molecule has 0 radical (unpaired) electrons. The van der Waals surface area contributed by atoms with Crippen LogP contribution < -0.4 is 9.64 Å². The van der Waals surface area contributed by atoms with E-state index in [9.17, 15) is 14.4 Å². The van der Waals surface area contributed by atoms with Gasteiger partial charge in [0.15, 0.2) is 0 Å². The average molecular weight is 550 g/mol. The van der Waals surface area contributed by atoms with Gasteiger partial charge < -0.3 is 4.74 Å². The van der Waals surface area contributed by atoms with E-state index in [-0.39, 0.29) is 17.7 Å². The minimum atomic E-state index is -0.861. The number of hydrogen-bond donors (Lipinski definition) is 0. The smallest absolute Gasteiger partial charge is 0.319 e. The van der Waals surface area contributed by atoms with Gasteiger partial charge in [-0.1, -0.05) is 82.7 Å². The van der Waals surface area contributed by atoms with E-state index in [0.717, 1.165) is 31.9 Å². The van der Waals surface area contributed by atoms with Crippen molar-refractivity contribution >= 4 is 55.7 Å². The number of amides is 2. The van der Waals surface area contributed by atoms with Crippen molar-refractivity contribution in [1.29, 1.82) is 0 Å². The Labute approximate surface area is 221 Å². The molecule has 0 spiro atoms. The molecule has 5 nitrogen and oxygen atoms in total. The van der Waals surface area contributed by atoms with Crippen LogP contribution in [0, 0.1) is 17.8 Å². The third-order valence-corrected chi connectivity index (χ3v) is 8.28. The summed E-state index contributed by atoms with van der Waals surface area (Å²) in [6.07, 6.45) is 2.03. The maximum Gasteiger partial charge on any atom is 0.319 e. The molecule has 1 aliphatic carbocycles. The third-order valence-electron chi connectivity index (χ3n) is 7.75. The average Bonchev–Trinajstić information content (AvgIpc) is 3.19. The molecule has 1 saturated heterocycles. The number of rotatable bonds is 2. The first kappa shape index (κ1) is 22.2. The number of anilines is 1. The Balaban J connectivity index is 1.47. The summed E-state index contributed by atoms with van der Waals surface area (Å²) in [5, 5.41) is 1.97. The zero-order valence-corrected chi connectivity index (χ0v) is 21.1. The normalized spacial score (nSPS) is 24.3. The predicted octanol–water partition coefficient (Wildman–Crippen LogP) is 6.12. The van der Waals surface area contributed by atoms with Crippen LogP contribution in [0.4, 0.5) is 5.69 Å². The van der Waals surface area contributed by atoms with Crippen LogP contribution in [0.15, 0.2) is 102 Å². The van der Waals surface area contributed by atoms with E-state index in [4.69, 9.17) is 4.74 Å². The van der Waals surface area contributed by atoms with Gasteiger partial charge in [0, 0.05) is 16.0 Å². The first-order valence-corrected chi connectivity index (χ1v) is 13.0. The van der Waals surface area contributed by atoms with Gasteiger partial charge in [0.2, 0.25) is 11.8 Å². The predicted molar refractivity (Wildman–Crippen MR) is 144 cm³/mol. The van der Waals surface area contributed by atoms with Gasteiger partial charge in [-0.25, -0.2) is 4.90 Å². The summed E-state index contributed by atoms with van der Waals surface area (Å²) in [6.45, 7) is 0. The van der Waals surface area contributed by atoms with E-state index < -0.39 is 23.7 Å². The zero-order valence-electron chi connectivity index (χ0n) is 19.5. The van der Waals surface area contributed by atoms with E-state index in [1.165, 1.54) is 4.90 Å². The van der Waals surface area contributed by atoms with Crippen molar-refractivity contribution in [3.05, 3.63) is 113 Å². The molecule has 0 N–H and O–H groups in total. The number of fused-ring (bicyclic) bond motifs is 7. The number of carbonyl (C=O) groups excluding carboxylic acids is 3. The SMILES string of the molecule is O=C1Oc2ccc3ccccc3c2C2=C[C@H](c3ccccc3)[C@@H]3C(=O)N(c4ccc(Br)cc4)C(=O)[C@@H]3[C@H]12. The first-order chi connectivity index (χ1) is 18.0. The molecule has 1 fully saturated rings. The van der Waals surface area contributed by atoms with Gasteiger partial charge in [-0.15, -0.1) is 0 Å². The number of allylic oxidation sites excluding steroid dienone is 1. The molecule has 2 amide bonds. The van der Waals surface area contributed by atoms with Crippen molar-refractivity contribution in [2.24, 2.45) is 17.8 Å². The monoisotopic (exact) mass is 549 g/mol. The summed E-state index contributed by atoms with van der Waals surface area (Å²) in [7, 11) is 0. The molecule has 0 saturated carbocycles. The Kier molecular flexibility index (Phi) is 4.95. The van der Waals surface area contributed by atoms with E-state index >= 15 is 0 Å². The van der Waals surface area contributed by atoms with Crippen LogP contribution in [-0.4, -0.2) is 17.8 Å². The van der Waals surface area contributed by atoms with Gasteiger partial charge in [0.1, 0.15) is 5.75 Å². The van der Waals surface area contributed by atoms with Gasteiger partial charge in [-0.3, -0.25) is 14.4 Å². The number of nitrogens with zero attached hydrogens (tertiary/aromatic N) is 1. The molecule has 0 aromatic heterocycles. The second-order valence-electron chi connectivity index (χ2n) is 9.66. The molecular formula is C31H20BrNO4. The highest BCUT2D eigenvalue weighted by Crippen LogP contribution is 2.55. The van der Waals surface area contributed by atoms with Crippen molar-refractivity contribution in [2.45, 2.75) is 5.92 Å². The summed E-state index contributed by atoms with van der Waals surface area (Å²) < 4.78 is 6.68. The molecule has 7 rings (SSSR count). The van der Waals surface area contributed by atoms with Crippen LogP contribution in [0.2, 0.25) is 0 Å². The maximum atomic E-state index is 14.0. The van der Waals surface area contributed by atoms with Gasteiger partial charge in [-0.2, -0.15) is 0 Å². The minimum absolute atomic E-state index is 0.294. The van der Waals surface area contributed by atoms with E-state index in [2.05, 4.69) is 15.9 Å². The van der Waals surface area contributed by atoms with Crippen LogP contribution in [-0.2, 0) is 14.4 Å². The molecule has 4 aromatic carbocycles. The number of imide groups is 1. The molecule has 0 bridgehead atoms. The highest BCUT2D eigenvalue weighted by atomic mass is 79.9. The lowest BCUT2D eigenvalue weighted by Crippen LogP contribution is -2.42. The zero-order chi connectivity index (χ0) is 25.3. The summed E-state index contributed by atoms with van der Waals surface area (Å²) in [5.74, 6) is -3.47. The van der Waals surface area contributed by atoms with Gasteiger partial charge in [0.05, 0.1) is 23.4 Å². The van der Waals surface area contributed by atoms with Crippen LogP contribution in [0.25, 0.3) is 16.3 Å². The Morgan fingerprint density at radius 3 is 2.22 bits per heavy atom. The van der Waals surface area contributed by atoms with Gasteiger partial charge >= 0.3 is 5.97 Å². The summed E-state index contributed by atoms with van der Waals surface area (Å²) in [5.41, 5.74) is 3.01. The fraction of sp³-hybridized carbons (Fsp3) is 0.129. The van der Waals surface area contributed by atoms with Crippen LogP contribution >= 0.6 is 15.9 Å². The number of carbonyl (C=O) groups is 3. The number of benzene rings is 4. The largest absolute Gasteiger partial charge is 0.425 e. The van der Waals surface area contributed by atoms with Crippen molar-refractivity contribution in [1.82, 2.24) is 0 Å². The lowest BCUT2D eigenvalue weighted by atomic mass is 9.64. The number of ether oxygens (including phenoxy) is 1.